The number of rotatable bonds is 1. The number of aryl methyl sites for hydroxylation is 2. The van der Waals surface area contributed by atoms with Crippen LogP contribution >= 0.6 is 0 Å². The first kappa shape index (κ1) is 13.3. The van der Waals surface area contributed by atoms with E-state index in [-0.39, 0.29) is 0 Å². The smallest absolute Gasteiger partial charge is 0.157 e. The summed E-state index contributed by atoms with van der Waals surface area (Å²) in [4.78, 5) is 7.31. The highest BCUT2D eigenvalue weighted by Gasteiger charge is 2.48. The third kappa shape index (κ3) is 1.78. The second-order valence-corrected chi connectivity index (χ2v) is 6.95. The van der Waals surface area contributed by atoms with Crippen molar-refractivity contribution in [1.82, 2.24) is 19.7 Å². The van der Waals surface area contributed by atoms with Gasteiger partial charge in [-0.05, 0) is 51.4 Å². The second-order valence-electron chi connectivity index (χ2n) is 6.95. The Kier molecular flexibility index (Phi) is 2.86. The van der Waals surface area contributed by atoms with Crippen LogP contribution in [0.15, 0.2) is 12.3 Å². The van der Waals surface area contributed by atoms with Gasteiger partial charge in [-0.3, -0.25) is 4.68 Å². The zero-order valence-corrected chi connectivity index (χ0v) is 13.3. The highest BCUT2D eigenvalue weighted by atomic mass is 15.3. The molecular weight excluding hydrogens is 260 g/mol. The number of aromatic nitrogens is 3. The Labute approximate surface area is 126 Å². The van der Waals surface area contributed by atoms with Gasteiger partial charge >= 0.3 is 0 Å². The van der Waals surface area contributed by atoms with Crippen LogP contribution in [0.5, 0.6) is 0 Å². The van der Waals surface area contributed by atoms with E-state index in [2.05, 4.69) is 36.2 Å². The lowest BCUT2D eigenvalue weighted by Crippen LogP contribution is -2.43. The SMILES string of the molecule is Cc1nn(C)c2ncc(C34CCCCC3N(C)CC4)cc12. The molecule has 0 N–H and O–H groups in total. The van der Waals surface area contributed by atoms with E-state index in [0.717, 1.165) is 11.3 Å². The fourth-order valence-electron chi connectivity index (χ4n) is 4.75. The van der Waals surface area contributed by atoms with Crippen molar-refractivity contribution in [2.75, 3.05) is 13.6 Å². The molecule has 4 nitrogen and oxygen atoms in total. The van der Waals surface area contributed by atoms with Crippen LogP contribution in [0.3, 0.4) is 0 Å². The van der Waals surface area contributed by atoms with Crippen LogP contribution in [0, 0.1) is 6.92 Å². The van der Waals surface area contributed by atoms with E-state index in [1.165, 1.54) is 49.6 Å². The van der Waals surface area contributed by atoms with Crippen molar-refractivity contribution in [1.29, 1.82) is 0 Å². The molecule has 0 spiro atoms. The number of pyridine rings is 1. The van der Waals surface area contributed by atoms with Gasteiger partial charge in [0.05, 0.1) is 5.69 Å². The number of hydrogen-bond donors (Lipinski definition) is 0. The normalized spacial score (nSPS) is 30.0. The molecule has 2 aromatic rings. The first-order chi connectivity index (χ1) is 10.1. The maximum Gasteiger partial charge on any atom is 0.157 e. The molecule has 1 saturated heterocycles. The Bertz CT molecular complexity index is 685. The minimum atomic E-state index is 0.330. The maximum absolute atomic E-state index is 4.74. The molecule has 2 aliphatic rings. The minimum absolute atomic E-state index is 0.330. The summed E-state index contributed by atoms with van der Waals surface area (Å²) in [6.45, 7) is 3.30. The van der Waals surface area contributed by atoms with Gasteiger partial charge in [-0.1, -0.05) is 12.8 Å². The van der Waals surface area contributed by atoms with Gasteiger partial charge in [0, 0.05) is 30.1 Å². The molecule has 2 fully saturated rings. The fourth-order valence-corrected chi connectivity index (χ4v) is 4.75. The largest absolute Gasteiger partial charge is 0.302 e. The molecule has 2 unspecified atom stereocenters. The summed E-state index contributed by atoms with van der Waals surface area (Å²) in [5.74, 6) is 0. The van der Waals surface area contributed by atoms with E-state index in [1.54, 1.807) is 0 Å². The second kappa shape index (κ2) is 4.54. The summed E-state index contributed by atoms with van der Waals surface area (Å²) in [7, 11) is 4.27. The summed E-state index contributed by atoms with van der Waals surface area (Å²) in [6, 6.07) is 3.07. The molecule has 21 heavy (non-hydrogen) atoms. The van der Waals surface area contributed by atoms with E-state index in [4.69, 9.17) is 4.98 Å². The van der Waals surface area contributed by atoms with Crippen molar-refractivity contribution in [2.24, 2.45) is 7.05 Å². The van der Waals surface area contributed by atoms with E-state index in [1.807, 2.05) is 11.7 Å². The fraction of sp³-hybridized carbons (Fsp3) is 0.647. The average Bonchev–Trinajstić information content (AvgIpc) is 2.99. The molecule has 1 saturated carbocycles. The Morgan fingerprint density at radius 1 is 1.24 bits per heavy atom. The van der Waals surface area contributed by atoms with Crippen molar-refractivity contribution in [3.63, 3.8) is 0 Å². The van der Waals surface area contributed by atoms with Crippen molar-refractivity contribution < 1.29 is 0 Å². The lowest BCUT2D eigenvalue weighted by Gasteiger charge is -2.41. The maximum atomic E-state index is 4.74. The molecule has 4 heteroatoms. The summed E-state index contributed by atoms with van der Waals surface area (Å²) < 4.78 is 1.89. The number of hydrogen-bond acceptors (Lipinski definition) is 3. The summed E-state index contributed by atoms with van der Waals surface area (Å²) >= 11 is 0. The van der Waals surface area contributed by atoms with E-state index in [0.29, 0.717) is 11.5 Å². The topological polar surface area (TPSA) is 34.0 Å². The Balaban J connectivity index is 1.86. The highest BCUT2D eigenvalue weighted by Crippen LogP contribution is 2.48. The number of likely N-dealkylation sites (N-methyl/N-ethyl adjacent to an activating group) is 1. The number of fused-ring (bicyclic) bond motifs is 2. The van der Waals surface area contributed by atoms with Crippen molar-refractivity contribution in [2.45, 2.75) is 50.5 Å². The molecular formula is C17H24N4. The molecule has 112 valence electrons. The molecule has 0 aromatic carbocycles. The number of nitrogens with zero attached hydrogens (tertiary/aromatic N) is 4. The molecule has 3 heterocycles. The molecule has 1 aliphatic carbocycles. The Hall–Kier alpha value is -1.42. The van der Waals surface area contributed by atoms with Gasteiger partial charge < -0.3 is 4.90 Å². The van der Waals surface area contributed by atoms with Crippen molar-refractivity contribution in [3.05, 3.63) is 23.5 Å². The number of likely N-dealkylation sites (tertiary alicyclic amines) is 1. The van der Waals surface area contributed by atoms with E-state index < -0.39 is 0 Å². The van der Waals surface area contributed by atoms with Crippen molar-refractivity contribution >= 4 is 11.0 Å². The molecule has 0 amide bonds. The molecule has 4 rings (SSSR count). The lowest BCUT2D eigenvalue weighted by atomic mass is 9.66. The lowest BCUT2D eigenvalue weighted by molar-refractivity contribution is 0.182. The third-order valence-electron chi connectivity index (χ3n) is 5.87. The van der Waals surface area contributed by atoms with Crippen LogP contribution in [0.2, 0.25) is 0 Å². The van der Waals surface area contributed by atoms with Gasteiger partial charge in [-0.25, -0.2) is 4.98 Å². The zero-order valence-electron chi connectivity index (χ0n) is 13.3. The van der Waals surface area contributed by atoms with Crippen LogP contribution in [0.1, 0.15) is 43.4 Å². The average molecular weight is 284 g/mol. The van der Waals surface area contributed by atoms with Crippen LogP contribution in [0.4, 0.5) is 0 Å². The molecule has 2 atom stereocenters. The zero-order chi connectivity index (χ0) is 14.6. The van der Waals surface area contributed by atoms with Crippen LogP contribution in [0.25, 0.3) is 11.0 Å². The van der Waals surface area contributed by atoms with Gasteiger partial charge in [-0.2, -0.15) is 5.10 Å². The molecule has 2 aromatic heterocycles. The van der Waals surface area contributed by atoms with E-state index >= 15 is 0 Å². The standard InChI is InChI=1S/C17H24N4/c1-12-14-10-13(11-18-16(14)21(3)19-12)17-7-5-4-6-15(17)20(2)9-8-17/h10-11,15H,4-9H2,1-3H3. The quantitative estimate of drug-likeness (QED) is 0.807. The predicted molar refractivity (Wildman–Crippen MR) is 84.4 cm³/mol. The van der Waals surface area contributed by atoms with Gasteiger partial charge in [0.25, 0.3) is 0 Å². The minimum Gasteiger partial charge on any atom is -0.302 e. The first-order valence-electron chi connectivity index (χ1n) is 8.12. The monoisotopic (exact) mass is 284 g/mol. The van der Waals surface area contributed by atoms with Crippen LogP contribution < -0.4 is 0 Å². The van der Waals surface area contributed by atoms with E-state index in [9.17, 15) is 0 Å². The van der Waals surface area contributed by atoms with Crippen LogP contribution in [-0.2, 0) is 12.5 Å². The summed E-state index contributed by atoms with van der Waals surface area (Å²) in [6.07, 6.45) is 8.78. The van der Waals surface area contributed by atoms with Gasteiger partial charge in [-0.15, -0.1) is 0 Å². The summed E-state index contributed by atoms with van der Waals surface area (Å²) in [5.41, 5.74) is 3.87. The van der Waals surface area contributed by atoms with Crippen molar-refractivity contribution in [3.8, 4) is 0 Å². The summed E-state index contributed by atoms with van der Waals surface area (Å²) in [5, 5.41) is 5.74. The van der Waals surface area contributed by atoms with Gasteiger partial charge in [0.1, 0.15) is 0 Å². The molecule has 0 bridgehead atoms. The predicted octanol–water partition coefficient (Wildman–Crippen LogP) is 2.79. The third-order valence-corrected chi connectivity index (χ3v) is 5.87. The van der Waals surface area contributed by atoms with Gasteiger partial charge in [0.2, 0.25) is 0 Å². The highest BCUT2D eigenvalue weighted by molar-refractivity contribution is 5.79. The Morgan fingerprint density at radius 2 is 2.10 bits per heavy atom. The Morgan fingerprint density at radius 3 is 2.95 bits per heavy atom. The molecule has 1 aliphatic heterocycles. The first-order valence-corrected chi connectivity index (χ1v) is 8.12. The van der Waals surface area contributed by atoms with Crippen LogP contribution in [-0.4, -0.2) is 39.3 Å². The van der Waals surface area contributed by atoms with Gasteiger partial charge in [0.15, 0.2) is 5.65 Å². The molecule has 0 radical (unpaired) electrons.